The molecule has 2 aliphatic rings. The van der Waals surface area contributed by atoms with Crippen molar-refractivity contribution in [1.82, 2.24) is 5.32 Å². The Labute approximate surface area is 121 Å². The van der Waals surface area contributed by atoms with Gasteiger partial charge in [0.25, 0.3) is 0 Å². The van der Waals surface area contributed by atoms with E-state index in [0.717, 1.165) is 29.9 Å². The number of rotatable bonds is 2. The van der Waals surface area contributed by atoms with E-state index in [1.165, 1.54) is 31.2 Å². The van der Waals surface area contributed by atoms with E-state index in [4.69, 9.17) is 11.6 Å². The molecule has 1 aromatic carbocycles. The van der Waals surface area contributed by atoms with Crippen LogP contribution in [0.2, 0.25) is 5.02 Å². The highest BCUT2D eigenvalue weighted by molar-refractivity contribution is 6.31. The van der Waals surface area contributed by atoms with Crippen molar-refractivity contribution >= 4 is 11.6 Å². The Balaban J connectivity index is 1.84. The molecule has 3 rings (SSSR count). The van der Waals surface area contributed by atoms with Gasteiger partial charge >= 0.3 is 0 Å². The minimum atomic E-state index is 0.582. The molecule has 3 unspecified atom stereocenters. The molecule has 1 fully saturated rings. The Hall–Kier alpha value is -0.790. The van der Waals surface area contributed by atoms with Crippen molar-refractivity contribution in [3.05, 3.63) is 47.0 Å². The smallest absolute Gasteiger partial charge is 0.0441 e. The molecule has 1 heterocycles. The summed E-state index contributed by atoms with van der Waals surface area (Å²) in [5, 5.41) is 4.49. The summed E-state index contributed by atoms with van der Waals surface area (Å²) in [4.78, 5) is 0. The van der Waals surface area contributed by atoms with Crippen LogP contribution in [0.15, 0.2) is 36.4 Å². The van der Waals surface area contributed by atoms with Crippen LogP contribution in [0.3, 0.4) is 0 Å². The maximum Gasteiger partial charge on any atom is 0.0441 e. The third kappa shape index (κ3) is 2.88. The SMILES string of the molecule is Clc1ccccc1C1CNCCC1C1CC=CCC1. The molecule has 0 aromatic heterocycles. The van der Waals surface area contributed by atoms with Crippen LogP contribution in [-0.2, 0) is 0 Å². The van der Waals surface area contributed by atoms with E-state index in [1.807, 2.05) is 12.1 Å². The van der Waals surface area contributed by atoms with Crippen LogP contribution < -0.4 is 5.32 Å². The molecule has 102 valence electrons. The predicted octanol–water partition coefficient (Wildman–Crippen LogP) is 4.39. The number of benzene rings is 1. The number of nitrogens with one attached hydrogen (secondary N) is 1. The molecular formula is C17H22ClN. The van der Waals surface area contributed by atoms with Crippen molar-refractivity contribution in [3.63, 3.8) is 0 Å². The van der Waals surface area contributed by atoms with Crippen molar-refractivity contribution in [2.45, 2.75) is 31.6 Å². The normalized spacial score (nSPS) is 31.3. The van der Waals surface area contributed by atoms with E-state index in [1.54, 1.807) is 0 Å². The molecule has 3 atom stereocenters. The molecule has 1 aliphatic heterocycles. The molecule has 1 N–H and O–H groups in total. The minimum Gasteiger partial charge on any atom is -0.316 e. The average molecular weight is 276 g/mol. The summed E-state index contributed by atoms with van der Waals surface area (Å²) in [7, 11) is 0. The third-order valence-corrected chi connectivity index (χ3v) is 5.10. The van der Waals surface area contributed by atoms with E-state index in [9.17, 15) is 0 Å². The molecule has 1 nitrogen and oxygen atoms in total. The van der Waals surface area contributed by atoms with Crippen LogP contribution in [-0.4, -0.2) is 13.1 Å². The first-order valence-electron chi connectivity index (χ1n) is 7.46. The number of hydrogen-bond acceptors (Lipinski definition) is 1. The summed E-state index contributed by atoms with van der Waals surface area (Å²) >= 11 is 6.42. The van der Waals surface area contributed by atoms with Gasteiger partial charge in [-0.1, -0.05) is 42.0 Å². The zero-order chi connectivity index (χ0) is 13.1. The summed E-state index contributed by atoms with van der Waals surface area (Å²) in [6.45, 7) is 2.24. The van der Waals surface area contributed by atoms with Crippen LogP contribution in [0.5, 0.6) is 0 Å². The molecule has 19 heavy (non-hydrogen) atoms. The molecule has 2 heteroatoms. The lowest BCUT2D eigenvalue weighted by molar-refractivity contribution is 0.212. The molecule has 1 aliphatic carbocycles. The van der Waals surface area contributed by atoms with Crippen LogP contribution in [0, 0.1) is 11.8 Å². The second kappa shape index (κ2) is 6.11. The van der Waals surface area contributed by atoms with Gasteiger partial charge in [-0.15, -0.1) is 0 Å². The second-order valence-electron chi connectivity index (χ2n) is 5.83. The summed E-state index contributed by atoms with van der Waals surface area (Å²) in [6, 6.07) is 8.39. The van der Waals surface area contributed by atoms with Gasteiger partial charge in [0.2, 0.25) is 0 Å². The van der Waals surface area contributed by atoms with Gasteiger partial charge in [-0.25, -0.2) is 0 Å². The summed E-state index contributed by atoms with van der Waals surface area (Å²) < 4.78 is 0. The second-order valence-corrected chi connectivity index (χ2v) is 6.24. The Bertz CT molecular complexity index is 454. The monoisotopic (exact) mass is 275 g/mol. The molecule has 0 amide bonds. The number of allylic oxidation sites excluding steroid dienone is 2. The van der Waals surface area contributed by atoms with Gasteiger partial charge in [-0.05, 0) is 55.7 Å². The number of piperidine rings is 1. The van der Waals surface area contributed by atoms with E-state index in [2.05, 4.69) is 29.6 Å². The highest BCUT2D eigenvalue weighted by Gasteiger charge is 2.33. The van der Waals surface area contributed by atoms with Crippen LogP contribution in [0.25, 0.3) is 0 Å². The zero-order valence-corrected chi connectivity index (χ0v) is 12.1. The van der Waals surface area contributed by atoms with Crippen LogP contribution >= 0.6 is 11.6 Å². The molecule has 0 spiro atoms. The zero-order valence-electron chi connectivity index (χ0n) is 11.3. The Kier molecular flexibility index (Phi) is 4.24. The Morgan fingerprint density at radius 1 is 1.11 bits per heavy atom. The van der Waals surface area contributed by atoms with Crippen molar-refractivity contribution in [2.75, 3.05) is 13.1 Å². The van der Waals surface area contributed by atoms with Gasteiger partial charge in [0.1, 0.15) is 0 Å². The molecule has 0 radical (unpaired) electrons. The van der Waals surface area contributed by atoms with E-state index >= 15 is 0 Å². The van der Waals surface area contributed by atoms with Gasteiger partial charge in [0.15, 0.2) is 0 Å². The summed E-state index contributed by atoms with van der Waals surface area (Å²) in [5.74, 6) is 2.21. The van der Waals surface area contributed by atoms with Crippen molar-refractivity contribution in [3.8, 4) is 0 Å². The fraction of sp³-hybridized carbons (Fsp3) is 0.529. The lowest BCUT2D eigenvalue weighted by atomic mass is 9.70. The quantitative estimate of drug-likeness (QED) is 0.790. The Morgan fingerprint density at radius 3 is 2.79 bits per heavy atom. The molecular weight excluding hydrogens is 254 g/mol. The lowest BCUT2D eigenvalue weighted by Crippen LogP contribution is -2.38. The van der Waals surface area contributed by atoms with Gasteiger partial charge in [-0.2, -0.15) is 0 Å². The standard InChI is InChI=1S/C17H22ClN/c18-17-9-5-4-8-15(17)16-12-19-11-10-14(16)13-6-2-1-3-7-13/h1-2,4-5,8-9,13-14,16,19H,3,6-7,10-12H2. The number of halogens is 1. The highest BCUT2D eigenvalue weighted by Crippen LogP contribution is 2.41. The van der Waals surface area contributed by atoms with E-state index in [-0.39, 0.29) is 0 Å². The van der Waals surface area contributed by atoms with Crippen molar-refractivity contribution in [1.29, 1.82) is 0 Å². The maximum atomic E-state index is 6.42. The maximum absolute atomic E-state index is 6.42. The van der Waals surface area contributed by atoms with Crippen LogP contribution in [0.4, 0.5) is 0 Å². The topological polar surface area (TPSA) is 12.0 Å². The fourth-order valence-electron chi connectivity index (χ4n) is 3.77. The fourth-order valence-corrected chi connectivity index (χ4v) is 4.04. The summed E-state index contributed by atoms with van der Waals surface area (Å²) in [6.07, 6.45) is 9.86. The number of hydrogen-bond donors (Lipinski definition) is 1. The molecule has 1 aromatic rings. The molecule has 1 saturated heterocycles. The van der Waals surface area contributed by atoms with Gasteiger partial charge in [0.05, 0.1) is 0 Å². The predicted molar refractivity (Wildman–Crippen MR) is 81.7 cm³/mol. The third-order valence-electron chi connectivity index (χ3n) is 4.76. The average Bonchev–Trinajstić information content (AvgIpc) is 2.49. The van der Waals surface area contributed by atoms with Gasteiger partial charge < -0.3 is 5.32 Å². The first-order chi connectivity index (χ1) is 9.36. The van der Waals surface area contributed by atoms with Crippen molar-refractivity contribution in [2.24, 2.45) is 11.8 Å². The summed E-state index contributed by atoms with van der Waals surface area (Å²) in [5.41, 5.74) is 1.34. The minimum absolute atomic E-state index is 0.582. The Morgan fingerprint density at radius 2 is 2.00 bits per heavy atom. The van der Waals surface area contributed by atoms with E-state index < -0.39 is 0 Å². The van der Waals surface area contributed by atoms with E-state index in [0.29, 0.717) is 5.92 Å². The first kappa shape index (κ1) is 13.2. The van der Waals surface area contributed by atoms with Crippen molar-refractivity contribution < 1.29 is 0 Å². The lowest BCUT2D eigenvalue weighted by Gasteiger charge is -2.39. The molecule has 0 bridgehead atoms. The van der Waals surface area contributed by atoms with Gasteiger partial charge in [0, 0.05) is 17.5 Å². The van der Waals surface area contributed by atoms with Gasteiger partial charge in [-0.3, -0.25) is 0 Å². The highest BCUT2D eigenvalue weighted by atomic mass is 35.5. The largest absolute Gasteiger partial charge is 0.316 e. The first-order valence-corrected chi connectivity index (χ1v) is 7.84. The van der Waals surface area contributed by atoms with Crippen LogP contribution in [0.1, 0.15) is 37.2 Å². The molecule has 0 saturated carbocycles.